The molecule has 0 aliphatic rings. The molecular weight excluding hydrogens is 302 g/mol. The van der Waals surface area contributed by atoms with Crippen molar-refractivity contribution in [1.29, 1.82) is 0 Å². The molecule has 0 bridgehead atoms. The molecule has 0 spiro atoms. The fraction of sp³-hybridized carbons (Fsp3) is 0.500. The van der Waals surface area contributed by atoms with E-state index in [1.54, 1.807) is 30.3 Å². The number of methoxy groups -OCH3 is 4. The number of benzene rings is 1. The first-order chi connectivity index (χ1) is 11.1. The van der Waals surface area contributed by atoms with Gasteiger partial charge in [-0.15, -0.1) is 0 Å². The van der Waals surface area contributed by atoms with Crippen molar-refractivity contribution in [3.8, 4) is 0 Å². The average Bonchev–Trinajstić information content (AvgIpc) is 2.61. The van der Waals surface area contributed by atoms with Crippen molar-refractivity contribution >= 4 is 11.7 Å². The van der Waals surface area contributed by atoms with Gasteiger partial charge in [0.05, 0.1) is 0 Å². The zero-order chi connectivity index (χ0) is 17.3. The van der Waals surface area contributed by atoms with Crippen LogP contribution in [0.4, 0.5) is 0 Å². The molecule has 1 amide bonds. The van der Waals surface area contributed by atoms with E-state index in [-0.39, 0.29) is 6.54 Å². The van der Waals surface area contributed by atoms with Crippen LogP contribution in [0.3, 0.4) is 0 Å². The third-order valence-electron chi connectivity index (χ3n) is 3.40. The van der Waals surface area contributed by atoms with Crippen LogP contribution in [-0.2, 0) is 23.7 Å². The number of carbonyl (C=O) groups is 2. The molecule has 7 nitrogen and oxygen atoms in total. The zero-order valence-electron chi connectivity index (χ0n) is 13.8. The highest BCUT2D eigenvalue weighted by molar-refractivity contribution is 6.15. The zero-order valence-corrected chi connectivity index (χ0v) is 13.8. The average molecular weight is 325 g/mol. The molecule has 23 heavy (non-hydrogen) atoms. The van der Waals surface area contributed by atoms with E-state index in [0.29, 0.717) is 12.0 Å². The minimum atomic E-state index is -2.03. The number of ketones is 1. The Morgan fingerprint density at radius 3 is 2.09 bits per heavy atom. The lowest BCUT2D eigenvalue weighted by Crippen LogP contribution is -2.56. The van der Waals surface area contributed by atoms with Crippen LogP contribution in [0.1, 0.15) is 16.8 Å². The van der Waals surface area contributed by atoms with Crippen molar-refractivity contribution in [3.63, 3.8) is 0 Å². The molecule has 0 unspecified atom stereocenters. The normalized spacial score (nSPS) is 11.5. The van der Waals surface area contributed by atoms with Gasteiger partial charge in [-0.3, -0.25) is 9.59 Å². The van der Waals surface area contributed by atoms with Gasteiger partial charge in [0, 0.05) is 47.0 Å². The summed E-state index contributed by atoms with van der Waals surface area (Å²) in [5, 5.41) is 2.61. The van der Waals surface area contributed by atoms with Gasteiger partial charge >= 0.3 is 5.79 Å². The van der Waals surface area contributed by atoms with Crippen molar-refractivity contribution in [1.82, 2.24) is 5.32 Å². The van der Waals surface area contributed by atoms with Crippen molar-refractivity contribution in [2.75, 3.05) is 35.0 Å². The maximum atomic E-state index is 12.6. The molecule has 0 heterocycles. The van der Waals surface area contributed by atoms with Gasteiger partial charge in [0.25, 0.3) is 5.91 Å². The second-order valence-corrected chi connectivity index (χ2v) is 4.67. The summed E-state index contributed by atoms with van der Waals surface area (Å²) in [5.74, 6) is -3.28. The van der Waals surface area contributed by atoms with Crippen LogP contribution >= 0.6 is 0 Å². The Balaban J connectivity index is 2.83. The smallest absolute Gasteiger partial charge is 0.315 e. The summed E-state index contributed by atoms with van der Waals surface area (Å²) in [6, 6.07) is 8.35. The maximum Gasteiger partial charge on any atom is 0.315 e. The first kappa shape index (κ1) is 19.2. The highest BCUT2D eigenvalue weighted by Crippen LogP contribution is 2.19. The lowest BCUT2D eigenvalue weighted by atomic mass is 10.0. The summed E-state index contributed by atoms with van der Waals surface area (Å²) in [6.45, 7) is 0.238. The van der Waals surface area contributed by atoms with Gasteiger partial charge in [0.15, 0.2) is 6.29 Å². The Morgan fingerprint density at radius 2 is 1.61 bits per heavy atom. The third kappa shape index (κ3) is 4.59. The fourth-order valence-electron chi connectivity index (χ4n) is 2.09. The fourth-order valence-corrected chi connectivity index (χ4v) is 2.09. The number of Topliss-reactive ketones (excluding diaryl/α,β-unsaturated/α-hetero) is 1. The summed E-state index contributed by atoms with van der Waals surface area (Å²) in [5.41, 5.74) is 0.318. The summed E-state index contributed by atoms with van der Waals surface area (Å²) < 4.78 is 20.3. The van der Waals surface area contributed by atoms with Crippen LogP contribution in [0, 0.1) is 0 Å². The van der Waals surface area contributed by atoms with E-state index >= 15 is 0 Å². The van der Waals surface area contributed by atoms with E-state index in [1.165, 1.54) is 28.4 Å². The Bertz CT molecular complexity index is 497. The minimum Gasteiger partial charge on any atom is -0.356 e. The molecule has 1 aromatic rings. The molecule has 0 saturated carbocycles. The van der Waals surface area contributed by atoms with E-state index < -0.39 is 23.8 Å². The van der Waals surface area contributed by atoms with Gasteiger partial charge < -0.3 is 24.3 Å². The monoisotopic (exact) mass is 325 g/mol. The minimum absolute atomic E-state index is 0.238. The van der Waals surface area contributed by atoms with E-state index in [4.69, 9.17) is 18.9 Å². The van der Waals surface area contributed by atoms with Gasteiger partial charge in [-0.1, -0.05) is 30.3 Å². The molecule has 128 valence electrons. The highest BCUT2D eigenvalue weighted by Gasteiger charge is 2.47. The van der Waals surface area contributed by atoms with Crippen molar-refractivity contribution in [3.05, 3.63) is 35.9 Å². The van der Waals surface area contributed by atoms with E-state index in [0.717, 1.165) is 0 Å². The molecule has 0 aromatic heterocycles. The van der Waals surface area contributed by atoms with Crippen LogP contribution in [0.25, 0.3) is 0 Å². The van der Waals surface area contributed by atoms with Gasteiger partial charge in [0.1, 0.15) is 0 Å². The number of ether oxygens (including phenoxy) is 4. The second kappa shape index (κ2) is 9.36. The largest absolute Gasteiger partial charge is 0.356 e. The quantitative estimate of drug-likeness (QED) is 0.392. The van der Waals surface area contributed by atoms with Crippen molar-refractivity contribution in [2.24, 2.45) is 0 Å². The molecule has 0 atom stereocenters. The number of rotatable bonds is 10. The predicted octanol–water partition coefficient (Wildman–Crippen LogP) is 0.984. The molecule has 1 aromatic carbocycles. The lowest BCUT2D eigenvalue weighted by Gasteiger charge is -2.28. The van der Waals surface area contributed by atoms with Crippen LogP contribution in [0.15, 0.2) is 30.3 Å². The number of carbonyl (C=O) groups excluding carboxylic acids is 2. The highest BCUT2D eigenvalue weighted by atomic mass is 16.7. The van der Waals surface area contributed by atoms with E-state index in [1.807, 2.05) is 0 Å². The topological polar surface area (TPSA) is 83.1 Å². The Hall–Kier alpha value is -1.80. The summed E-state index contributed by atoms with van der Waals surface area (Å²) >= 11 is 0. The molecule has 0 radical (unpaired) electrons. The van der Waals surface area contributed by atoms with Crippen LogP contribution in [-0.4, -0.2) is 58.8 Å². The second-order valence-electron chi connectivity index (χ2n) is 4.67. The van der Waals surface area contributed by atoms with Gasteiger partial charge in [-0.05, 0) is 0 Å². The van der Waals surface area contributed by atoms with Gasteiger partial charge in [-0.25, -0.2) is 0 Å². The van der Waals surface area contributed by atoms with Crippen molar-refractivity contribution < 1.29 is 28.5 Å². The van der Waals surface area contributed by atoms with Gasteiger partial charge in [0.2, 0.25) is 5.78 Å². The number of hydrogen-bond acceptors (Lipinski definition) is 6. The number of amides is 1. The van der Waals surface area contributed by atoms with Gasteiger partial charge in [-0.2, -0.15) is 0 Å². The first-order valence-corrected chi connectivity index (χ1v) is 7.09. The van der Waals surface area contributed by atoms with Crippen LogP contribution in [0.5, 0.6) is 0 Å². The van der Waals surface area contributed by atoms with E-state index in [9.17, 15) is 9.59 Å². The molecule has 0 aliphatic heterocycles. The summed E-state index contributed by atoms with van der Waals surface area (Å²) in [4.78, 5) is 25.1. The number of nitrogens with one attached hydrogen (secondary N) is 1. The SMILES string of the molecule is COC(CCNC(=O)C(OC)(OC)C(=O)c1ccccc1)OC. The summed E-state index contributed by atoms with van der Waals surface area (Å²) in [7, 11) is 5.50. The standard InChI is InChI=1S/C16H23NO6/c1-20-13(21-2)10-11-17-15(19)16(22-3,23-4)14(18)12-8-6-5-7-9-12/h5-9,13H,10-11H2,1-4H3,(H,17,19). The van der Waals surface area contributed by atoms with Crippen LogP contribution in [0.2, 0.25) is 0 Å². The molecule has 0 aliphatic carbocycles. The molecule has 0 saturated heterocycles. The van der Waals surface area contributed by atoms with Crippen LogP contribution < -0.4 is 5.32 Å². The predicted molar refractivity (Wildman–Crippen MR) is 83.0 cm³/mol. The molecular formula is C16H23NO6. The van der Waals surface area contributed by atoms with Crippen molar-refractivity contribution in [2.45, 2.75) is 18.5 Å². The summed E-state index contributed by atoms with van der Waals surface area (Å²) in [6.07, 6.45) is -0.0264. The molecule has 1 N–H and O–H groups in total. The lowest BCUT2D eigenvalue weighted by molar-refractivity contribution is -0.187. The molecule has 7 heteroatoms. The first-order valence-electron chi connectivity index (χ1n) is 7.09. The maximum absolute atomic E-state index is 12.6. The number of hydrogen-bond donors (Lipinski definition) is 1. The molecule has 1 rings (SSSR count). The third-order valence-corrected chi connectivity index (χ3v) is 3.40. The Kier molecular flexibility index (Phi) is 7.84. The molecule has 0 fully saturated rings. The Morgan fingerprint density at radius 1 is 1.04 bits per heavy atom. The Labute approximate surface area is 135 Å². The van der Waals surface area contributed by atoms with E-state index in [2.05, 4.69) is 5.32 Å².